The number of alkyl halides is 3. The molecule has 0 bridgehead atoms. The second-order valence-corrected chi connectivity index (χ2v) is 8.61. The van der Waals surface area contributed by atoms with Crippen molar-refractivity contribution in [2.24, 2.45) is 0 Å². The molecule has 0 aliphatic carbocycles. The quantitative estimate of drug-likeness (QED) is 0.557. The third kappa shape index (κ3) is 5.01. The van der Waals surface area contributed by atoms with E-state index in [9.17, 15) is 26.7 Å². The van der Waals surface area contributed by atoms with E-state index in [1.165, 1.54) is 12.1 Å². The van der Waals surface area contributed by atoms with Gasteiger partial charge in [0.2, 0.25) is 0 Å². The van der Waals surface area contributed by atoms with E-state index in [2.05, 4.69) is 26.1 Å². The molecule has 4 nitrogen and oxygen atoms in total. The van der Waals surface area contributed by atoms with Crippen molar-refractivity contribution in [1.29, 1.82) is 0 Å². The van der Waals surface area contributed by atoms with E-state index in [4.69, 9.17) is 0 Å². The van der Waals surface area contributed by atoms with Gasteiger partial charge in [-0.25, -0.2) is 8.78 Å². The summed E-state index contributed by atoms with van der Waals surface area (Å²) < 4.78 is 68.6. The predicted octanol–water partition coefficient (Wildman–Crippen LogP) is 5.53. The van der Waals surface area contributed by atoms with Crippen molar-refractivity contribution in [3.05, 3.63) is 57.6 Å². The SMILES string of the molecule is C[C@H]1CN(c2c(F)cc(Br)cc2NC(=O)c2ccc(F)cc2C(F)(F)F)C[C@H](C)N1C. The Morgan fingerprint density at radius 3 is 2.29 bits per heavy atom. The normalized spacial score (nSPS) is 20.1. The maximum Gasteiger partial charge on any atom is 0.417 e. The van der Waals surface area contributed by atoms with E-state index in [1.807, 2.05) is 20.9 Å². The van der Waals surface area contributed by atoms with E-state index in [0.717, 1.165) is 12.1 Å². The summed E-state index contributed by atoms with van der Waals surface area (Å²) in [5.41, 5.74) is -2.03. The number of carbonyl (C=O) groups excluding carboxylic acids is 1. The summed E-state index contributed by atoms with van der Waals surface area (Å²) in [7, 11) is 1.96. The third-order valence-electron chi connectivity index (χ3n) is 5.48. The van der Waals surface area contributed by atoms with Gasteiger partial charge < -0.3 is 10.2 Å². The van der Waals surface area contributed by atoms with Gasteiger partial charge in [0, 0.05) is 29.6 Å². The molecule has 2 aromatic carbocycles. The van der Waals surface area contributed by atoms with Crippen LogP contribution in [0.15, 0.2) is 34.8 Å². The molecule has 0 saturated carbocycles. The van der Waals surface area contributed by atoms with Crippen molar-refractivity contribution in [2.75, 3.05) is 30.4 Å². The van der Waals surface area contributed by atoms with Crippen LogP contribution in [0.25, 0.3) is 0 Å². The second-order valence-electron chi connectivity index (χ2n) is 7.69. The first-order valence-electron chi connectivity index (χ1n) is 9.52. The lowest BCUT2D eigenvalue weighted by molar-refractivity contribution is -0.138. The van der Waals surface area contributed by atoms with Crippen LogP contribution in [0.3, 0.4) is 0 Å². The number of likely N-dealkylation sites (N-methyl/N-ethyl adjacent to an activating group) is 1. The molecule has 2 atom stereocenters. The zero-order valence-electron chi connectivity index (χ0n) is 17.0. The van der Waals surface area contributed by atoms with Crippen molar-refractivity contribution in [3.8, 4) is 0 Å². The first-order chi connectivity index (χ1) is 14.4. The predicted molar refractivity (Wildman–Crippen MR) is 112 cm³/mol. The van der Waals surface area contributed by atoms with Gasteiger partial charge in [0.05, 0.1) is 22.5 Å². The molecule has 168 valence electrons. The standard InChI is InChI=1S/C21H21BrF5N3O/c1-11-9-30(10-12(2)29(11)3)19-17(24)6-13(22)7-18(19)28-20(31)15-5-4-14(23)8-16(15)21(25,26)27/h4-8,11-12H,9-10H2,1-3H3,(H,28,31)/t11-,12-/m0/s1. The van der Waals surface area contributed by atoms with Crippen LogP contribution in [0.5, 0.6) is 0 Å². The first kappa shape index (κ1) is 23.5. The van der Waals surface area contributed by atoms with Gasteiger partial charge in [0.25, 0.3) is 5.91 Å². The summed E-state index contributed by atoms with van der Waals surface area (Å²) in [4.78, 5) is 16.6. The molecule has 0 radical (unpaired) electrons. The number of nitrogens with one attached hydrogen (secondary N) is 1. The molecular formula is C21H21BrF5N3O. The van der Waals surface area contributed by atoms with Crippen LogP contribution in [-0.2, 0) is 6.18 Å². The second kappa shape index (κ2) is 8.74. The van der Waals surface area contributed by atoms with Gasteiger partial charge in [-0.3, -0.25) is 9.69 Å². The van der Waals surface area contributed by atoms with Crippen LogP contribution in [0.1, 0.15) is 29.8 Å². The van der Waals surface area contributed by atoms with Gasteiger partial charge in [-0.15, -0.1) is 0 Å². The minimum atomic E-state index is -4.93. The van der Waals surface area contributed by atoms with Gasteiger partial charge in [-0.2, -0.15) is 13.2 Å². The van der Waals surface area contributed by atoms with Crippen LogP contribution in [0.4, 0.5) is 33.3 Å². The monoisotopic (exact) mass is 505 g/mol. The molecule has 0 spiro atoms. The zero-order valence-corrected chi connectivity index (χ0v) is 18.6. The lowest BCUT2D eigenvalue weighted by Crippen LogP contribution is -2.55. The number of piperazine rings is 1. The van der Waals surface area contributed by atoms with Gasteiger partial charge in [0.15, 0.2) is 0 Å². The van der Waals surface area contributed by atoms with Gasteiger partial charge in [0.1, 0.15) is 11.6 Å². The molecule has 1 saturated heterocycles. The maximum absolute atomic E-state index is 15.0. The molecule has 3 rings (SSSR count). The minimum Gasteiger partial charge on any atom is -0.364 e. The van der Waals surface area contributed by atoms with Crippen LogP contribution in [0.2, 0.25) is 0 Å². The fourth-order valence-corrected chi connectivity index (χ4v) is 4.14. The highest BCUT2D eigenvalue weighted by atomic mass is 79.9. The number of carbonyl (C=O) groups is 1. The number of halogens is 6. The highest BCUT2D eigenvalue weighted by molar-refractivity contribution is 9.10. The molecule has 1 heterocycles. The molecule has 1 N–H and O–H groups in total. The molecule has 1 aliphatic heterocycles. The first-order valence-corrected chi connectivity index (χ1v) is 10.3. The fraction of sp³-hybridized carbons (Fsp3) is 0.381. The summed E-state index contributed by atoms with van der Waals surface area (Å²) in [6.45, 7) is 4.89. The summed E-state index contributed by atoms with van der Waals surface area (Å²) in [5.74, 6) is -2.84. The highest BCUT2D eigenvalue weighted by Gasteiger charge is 2.36. The number of anilines is 2. The summed E-state index contributed by atoms with van der Waals surface area (Å²) >= 11 is 3.16. The Bertz CT molecular complexity index is 986. The van der Waals surface area contributed by atoms with E-state index >= 15 is 0 Å². The summed E-state index contributed by atoms with van der Waals surface area (Å²) in [6.07, 6.45) is -4.93. The van der Waals surface area contributed by atoms with E-state index in [-0.39, 0.29) is 29.5 Å². The molecule has 1 aliphatic rings. The fourth-order valence-electron chi connectivity index (χ4n) is 3.71. The largest absolute Gasteiger partial charge is 0.417 e. The van der Waals surface area contributed by atoms with Crippen molar-refractivity contribution in [2.45, 2.75) is 32.1 Å². The van der Waals surface area contributed by atoms with Gasteiger partial charge in [-0.1, -0.05) is 15.9 Å². The van der Waals surface area contributed by atoms with E-state index in [0.29, 0.717) is 17.6 Å². The molecule has 10 heteroatoms. The number of amides is 1. The number of nitrogens with zero attached hydrogens (tertiary/aromatic N) is 2. The van der Waals surface area contributed by atoms with Crippen LogP contribution >= 0.6 is 15.9 Å². The van der Waals surface area contributed by atoms with Gasteiger partial charge >= 0.3 is 6.18 Å². The highest BCUT2D eigenvalue weighted by Crippen LogP contribution is 2.37. The Hall–Kier alpha value is -2.20. The number of rotatable bonds is 3. The molecule has 0 aromatic heterocycles. The maximum atomic E-state index is 15.0. The summed E-state index contributed by atoms with van der Waals surface area (Å²) in [5, 5.41) is 2.39. The molecule has 1 fully saturated rings. The van der Waals surface area contributed by atoms with Crippen LogP contribution in [-0.4, -0.2) is 43.0 Å². The van der Waals surface area contributed by atoms with E-state index < -0.39 is 34.8 Å². The Labute approximate surface area is 185 Å². The summed E-state index contributed by atoms with van der Waals surface area (Å²) in [6, 6.07) is 4.64. The average molecular weight is 506 g/mol. The lowest BCUT2D eigenvalue weighted by atomic mass is 10.0. The molecular weight excluding hydrogens is 485 g/mol. The molecule has 1 amide bonds. The average Bonchev–Trinajstić information content (AvgIpc) is 2.64. The van der Waals surface area contributed by atoms with Crippen molar-refractivity contribution >= 4 is 33.2 Å². The van der Waals surface area contributed by atoms with Crippen molar-refractivity contribution in [3.63, 3.8) is 0 Å². The minimum absolute atomic E-state index is 0.0262. The Kier molecular flexibility index (Phi) is 6.61. The zero-order chi connectivity index (χ0) is 23.1. The topological polar surface area (TPSA) is 35.6 Å². The van der Waals surface area contributed by atoms with Crippen molar-refractivity contribution < 1.29 is 26.7 Å². The third-order valence-corrected chi connectivity index (χ3v) is 5.94. The van der Waals surface area contributed by atoms with Crippen LogP contribution in [0, 0.1) is 11.6 Å². The number of hydrogen-bond acceptors (Lipinski definition) is 3. The Balaban J connectivity index is 2.01. The van der Waals surface area contributed by atoms with Crippen LogP contribution < -0.4 is 10.2 Å². The lowest BCUT2D eigenvalue weighted by Gasteiger charge is -2.44. The van der Waals surface area contributed by atoms with Gasteiger partial charge in [-0.05, 0) is 51.2 Å². The number of hydrogen-bond donors (Lipinski definition) is 1. The molecule has 0 unspecified atom stereocenters. The smallest absolute Gasteiger partial charge is 0.364 e. The molecule has 31 heavy (non-hydrogen) atoms. The van der Waals surface area contributed by atoms with E-state index in [1.54, 1.807) is 4.90 Å². The Morgan fingerprint density at radius 2 is 1.71 bits per heavy atom. The molecule has 2 aromatic rings. The van der Waals surface area contributed by atoms with Crippen molar-refractivity contribution in [1.82, 2.24) is 4.90 Å². The Morgan fingerprint density at radius 1 is 1.10 bits per heavy atom. The number of benzene rings is 2.